The molecule has 2 aliphatic rings. The van der Waals surface area contributed by atoms with Gasteiger partial charge in [0.2, 0.25) is 0 Å². The van der Waals surface area contributed by atoms with Crippen molar-refractivity contribution in [1.29, 1.82) is 0 Å². The van der Waals surface area contributed by atoms with Crippen molar-refractivity contribution >= 4 is 11.5 Å². The normalized spacial score (nSPS) is 13.6. The molecule has 0 fully saturated rings. The van der Waals surface area contributed by atoms with E-state index >= 15 is 0 Å². The standard InChI is InChI=1S/C32H19NO3/c34-31(20-13-16-22(17-14-20)33(35)36)21-15-18-26-25-9-3-6-12-29(25)32(30(26)19-21)27-10-4-1-7-23(27)24-8-2-5-11-28(24)32/h1-19H. The monoisotopic (exact) mass is 465 g/mol. The number of hydrogen-bond acceptors (Lipinski definition) is 3. The highest BCUT2D eigenvalue weighted by Crippen LogP contribution is 2.62. The smallest absolute Gasteiger partial charge is 0.269 e. The van der Waals surface area contributed by atoms with E-state index in [1.807, 2.05) is 18.2 Å². The summed E-state index contributed by atoms with van der Waals surface area (Å²) >= 11 is 0. The molecule has 2 aliphatic carbocycles. The van der Waals surface area contributed by atoms with Gasteiger partial charge in [0, 0.05) is 23.3 Å². The summed E-state index contributed by atoms with van der Waals surface area (Å²) in [5, 5.41) is 11.1. The Kier molecular flexibility index (Phi) is 4.18. The first-order valence-corrected chi connectivity index (χ1v) is 11.8. The van der Waals surface area contributed by atoms with Gasteiger partial charge in [0.15, 0.2) is 5.78 Å². The molecule has 4 nitrogen and oxygen atoms in total. The minimum Gasteiger partial charge on any atom is -0.289 e. The molecular formula is C32H19NO3. The van der Waals surface area contributed by atoms with Crippen LogP contribution in [-0.2, 0) is 5.41 Å². The quantitative estimate of drug-likeness (QED) is 0.158. The number of nitro benzene ring substituents is 1. The van der Waals surface area contributed by atoms with Gasteiger partial charge in [-0.3, -0.25) is 14.9 Å². The van der Waals surface area contributed by atoms with E-state index in [4.69, 9.17) is 0 Å². The number of nitrogens with zero attached hydrogens (tertiary/aromatic N) is 1. The number of carbonyl (C=O) groups is 1. The van der Waals surface area contributed by atoms with Crippen molar-refractivity contribution < 1.29 is 9.72 Å². The van der Waals surface area contributed by atoms with Crippen LogP contribution in [-0.4, -0.2) is 10.7 Å². The molecule has 7 rings (SSSR count). The van der Waals surface area contributed by atoms with E-state index in [0.717, 1.165) is 11.1 Å². The zero-order valence-electron chi connectivity index (χ0n) is 19.1. The fraction of sp³-hybridized carbons (Fsp3) is 0.0312. The Morgan fingerprint density at radius 3 is 1.50 bits per heavy atom. The predicted octanol–water partition coefficient (Wildman–Crippen LogP) is 7.17. The Morgan fingerprint density at radius 2 is 1.00 bits per heavy atom. The summed E-state index contributed by atoms with van der Waals surface area (Å²) in [4.78, 5) is 24.1. The van der Waals surface area contributed by atoms with Crippen molar-refractivity contribution in [2.45, 2.75) is 5.41 Å². The third-order valence-electron chi connectivity index (χ3n) is 7.60. The van der Waals surface area contributed by atoms with Crippen LogP contribution in [0.1, 0.15) is 38.2 Å². The molecular weight excluding hydrogens is 446 g/mol. The molecule has 1 spiro atoms. The SMILES string of the molecule is O=C(c1ccc([N+](=O)[O-])cc1)c1ccc2c(c1)C1(c3ccccc3-c3ccccc31)c1ccccc1-2. The fourth-order valence-electron chi connectivity index (χ4n) is 6.14. The van der Waals surface area contributed by atoms with Gasteiger partial charge in [-0.15, -0.1) is 0 Å². The molecule has 0 unspecified atom stereocenters. The molecule has 0 aliphatic heterocycles. The van der Waals surface area contributed by atoms with E-state index in [0.29, 0.717) is 11.1 Å². The molecule has 4 heteroatoms. The topological polar surface area (TPSA) is 60.2 Å². The minimum absolute atomic E-state index is 0.0333. The summed E-state index contributed by atoms with van der Waals surface area (Å²) < 4.78 is 0. The molecule has 36 heavy (non-hydrogen) atoms. The van der Waals surface area contributed by atoms with E-state index in [9.17, 15) is 14.9 Å². The van der Waals surface area contributed by atoms with Crippen LogP contribution in [0.25, 0.3) is 22.3 Å². The van der Waals surface area contributed by atoms with Crippen molar-refractivity contribution in [2.75, 3.05) is 0 Å². The molecule has 5 aromatic rings. The summed E-state index contributed by atoms with van der Waals surface area (Å²) in [6.45, 7) is 0. The van der Waals surface area contributed by atoms with Gasteiger partial charge in [-0.2, -0.15) is 0 Å². The maximum Gasteiger partial charge on any atom is 0.269 e. The molecule has 0 bridgehead atoms. The second-order valence-corrected chi connectivity index (χ2v) is 9.28. The van der Waals surface area contributed by atoms with E-state index in [1.165, 1.54) is 57.6 Å². The Hall–Kier alpha value is -4.83. The Balaban J connectivity index is 1.49. The number of rotatable bonds is 3. The molecule has 0 heterocycles. The number of benzene rings is 5. The number of hydrogen-bond donors (Lipinski definition) is 0. The first-order valence-electron chi connectivity index (χ1n) is 11.8. The highest BCUT2D eigenvalue weighted by molar-refractivity contribution is 6.10. The van der Waals surface area contributed by atoms with Crippen molar-refractivity contribution in [3.05, 3.63) is 159 Å². The molecule has 0 aromatic heterocycles. The molecule has 0 radical (unpaired) electrons. The third kappa shape index (κ3) is 2.56. The van der Waals surface area contributed by atoms with Crippen LogP contribution in [0.2, 0.25) is 0 Å². The lowest BCUT2D eigenvalue weighted by molar-refractivity contribution is -0.384. The Labute approximate surface area is 207 Å². The molecule has 0 atom stereocenters. The second kappa shape index (κ2) is 7.33. The number of fused-ring (bicyclic) bond motifs is 10. The van der Waals surface area contributed by atoms with Crippen molar-refractivity contribution in [1.82, 2.24) is 0 Å². The number of carbonyl (C=O) groups excluding carboxylic acids is 1. The highest BCUT2D eigenvalue weighted by atomic mass is 16.6. The van der Waals surface area contributed by atoms with Gasteiger partial charge in [0.05, 0.1) is 10.3 Å². The highest BCUT2D eigenvalue weighted by Gasteiger charge is 2.51. The van der Waals surface area contributed by atoms with Crippen LogP contribution in [0.5, 0.6) is 0 Å². The van der Waals surface area contributed by atoms with Crippen LogP contribution in [0.3, 0.4) is 0 Å². The predicted molar refractivity (Wildman–Crippen MR) is 139 cm³/mol. The third-order valence-corrected chi connectivity index (χ3v) is 7.60. The van der Waals surface area contributed by atoms with E-state index in [1.54, 1.807) is 0 Å². The lowest BCUT2D eigenvalue weighted by Crippen LogP contribution is -2.26. The molecule has 0 saturated carbocycles. The lowest BCUT2D eigenvalue weighted by Gasteiger charge is -2.30. The summed E-state index contributed by atoms with van der Waals surface area (Å²) in [5.41, 5.74) is 9.92. The Morgan fingerprint density at radius 1 is 0.556 bits per heavy atom. The van der Waals surface area contributed by atoms with Gasteiger partial charge in [0.1, 0.15) is 0 Å². The molecule has 170 valence electrons. The zero-order valence-corrected chi connectivity index (χ0v) is 19.1. The molecule has 0 N–H and O–H groups in total. The van der Waals surface area contributed by atoms with Crippen molar-refractivity contribution in [3.8, 4) is 22.3 Å². The number of nitro groups is 1. The van der Waals surface area contributed by atoms with Crippen LogP contribution < -0.4 is 0 Å². The van der Waals surface area contributed by atoms with Crippen LogP contribution in [0.4, 0.5) is 5.69 Å². The Bertz CT molecular complexity index is 1670. The number of ketones is 1. The first kappa shape index (κ1) is 20.5. The van der Waals surface area contributed by atoms with Crippen molar-refractivity contribution in [2.24, 2.45) is 0 Å². The first-order chi connectivity index (χ1) is 17.6. The van der Waals surface area contributed by atoms with Gasteiger partial charge in [-0.25, -0.2) is 0 Å². The average molecular weight is 466 g/mol. The van der Waals surface area contributed by atoms with Crippen LogP contribution in [0.15, 0.2) is 115 Å². The minimum atomic E-state index is -0.509. The zero-order chi connectivity index (χ0) is 24.4. The van der Waals surface area contributed by atoms with Crippen molar-refractivity contribution in [3.63, 3.8) is 0 Å². The number of non-ortho nitro benzene ring substituents is 1. The van der Waals surface area contributed by atoms with Gasteiger partial charge in [-0.05, 0) is 62.7 Å². The van der Waals surface area contributed by atoms with E-state index in [2.05, 4.69) is 72.8 Å². The van der Waals surface area contributed by atoms with Gasteiger partial charge in [-0.1, -0.05) is 84.9 Å². The summed E-state index contributed by atoms with van der Waals surface area (Å²) in [7, 11) is 0. The lowest BCUT2D eigenvalue weighted by atomic mass is 9.70. The molecule has 0 saturated heterocycles. The second-order valence-electron chi connectivity index (χ2n) is 9.28. The van der Waals surface area contributed by atoms with Crippen LogP contribution in [0, 0.1) is 10.1 Å². The summed E-state index contributed by atoms with van der Waals surface area (Å²) in [6, 6.07) is 37.3. The van der Waals surface area contributed by atoms with E-state index in [-0.39, 0.29) is 11.5 Å². The average Bonchev–Trinajstić information content (AvgIpc) is 3.40. The summed E-state index contributed by atoms with van der Waals surface area (Å²) in [6.07, 6.45) is 0. The maximum atomic E-state index is 13.5. The summed E-state index contributed by atoms with van der Waals surface area (Å²) in [5.74, 6) is -0.154. The van der Waals surface area contributed by atoms with Gasteiger partial charge in [0.25, 0.3) is 5.69 Å². The van der Waals surface area contributed by atoms with Gasteiger partial charge >= 0.3 is 0 Å². The van der Waals surface area contributed by atoms with E-state index < -0.39 is 10.3 Å². The van der Waals surface area contributed by atoms with Gasteiger partial charge < -0.3 is 0 Å². The van der Waals surface area contributed by atoms with Crippen LogP contribution >= 0.6 is 0 Å². The maximum absolute atomic E-state index is 13.5. The molecule has 0 amide bonds. The largest absolute Gasteiger partial charge is 0.289 e. The fourth-order valence-corrected chi connectivity index (χ4v) is 6.14. The molecule has 5 aromatic carbocycles.